The maximum atomic E-state index is 11.0. The molecule has 1 N–H and O–H groups in total. The molecule has 92 valence electrons. The second-order valence-electron chi connectivity index (χ2n) is 3.14. The zero-order chi connectivity index (χ0) is 13.1. The summed E-state index contributed by atoms with van der Waals surface area (Å²) in [6.45, 7) is 0. The molecular formula is C10H6N2O4S2. The summed E-state index contributed by atoms with van der Waals surface area (Å²) in [5.41, 5.74) is -0.729. The lowest BCUT2D eigenvalue weighted by atomic mass is 10.2. The molecular weight excluding hydrogens is 276 g/mol. The molecule has 0 aliphatic carbocycles. The predicted molar refractivity (Wildman–Crippen MR) is 66.3 cm³/mol. The molecule has 0 radical (unpaired) electrons. The molecule has 6 nitrogen and oxygen atoms in total. The van der Waals surface area contributed by atoms with Gasteiger partial charge in [0, 0.05) is 22.5 Å². The number of nitro benzene ring substituents is 1. The minimum Gasteiger partial charge on any atom is -0.477 e. The van der Waals surface area contributed by atoms with E-state index < -0.39 is 16.6 Å². The van der Waals surface area contributed by atoms with Gasteiger partial charge in [0.05, 0.1) is 4.92 Å². The topological polar surface area (TPSA) is 93.3 Å². The monoisotopic (exact) mass is 282 g/mol. The number of hydrogen-bond acceptors (Lipinski definition) is 6. The molecule has 8 heteroatoms. The lowest BCUT2D eigenvalue weighted by Gasteiger charge is -2.01. The summed E-state index contributed by atoms with van der Waals surface area (Å²) in [4.78, 5) is 25.6. The highest BCUT2D eigenvalue weighted by Crippen LogP contribution is 2.32. The van der Waals surface area contributed by atoms with Crippen LogP contribution >= 0.6 is 23.1 Å². The van der Waals surface area contributed by atoms with Crippen LogP contribution in [0.25, 0.3) is 0 Å². The number of carboxylic acids is 1. The molecule has 0 aliphatic rings. The van der Waals surface area contributed by atoms with Crippen molar-refractivity contribution in [1.82, 2.24) is 4.98 Å². The first kappa shape index (κ1) is 12.5. The average Bonchev–Trinajstić information content (AvgIpc) is 2.81. The van der Waals surface area contributed by atoms with Gasteiger partial charge in [0.25, 0.3) is 5.69 Å². The van der Waals surface area contributed by atoms with Crippen LogP contribution < -0.4 is 0 Å². The SMILES string of the molecule is O=C(O)c1cc(Sc2nccs2)ccc1[N+](=O)[O-]. The largest absolute Gasteiger partial charge is 0.477 e. The fourth-order valence-corrected chi connectivity index (χ4v) is 2.91. The lowest BCUT2D eigenvalue weighted by Crippen LogP contribution is -2.02. The Labute approximate surface area is 109 Å². The third-order valence-corrected chi connectivity index (χ3v) is 3.88. The lowest BCUT2D eigenvalue weighted by molar-refractivity contribution is -0.385. The zero-order valence-electron chi connectivity index (χ0n) is 8.77. The van der Waals surface area contributed by atoms with Crippen LogP contribution in [0.4, 0.5) is 5.69 Å². The molecule has 0 saturated carbocycles. The molecule has 0 amide bonds. The number of nitrogens with zero attached hydrogens (tertiary/aromatic N) is 2. The molecule has 0 bridgehead atoms. The van der Waals surface area contributed by atoms with E-state index in [1.807, 2.05) is 0 Å². The number of carbonyl (C=O) groups is 1. The number of aromatic nitrogens is 1. The van der Waals surface area contributed by atoms with E-state index in [0.29, 0.717) is 4.90 Å². The Bertz CT molecular complexity index is 598. The Kier molecular flexibility index (Phi) is 3.58. The van der Waals surface area contributed by atoms with Crippen LogP contribution in [0, 0.1) is 10.1 Å². The fraction of sp³-hybridized carbons (Fsp3) is 0. The van der Waals surface area contributed by atoms with Crippen LogP contribution in [-0.2, 0) is 0 Å². The number of benzene rings is 1. The molecule has 1 aromatic heterocycles. The van der Waals surface area contributed by atoms with Gasteiger partial charge in [0.1, 0.15) is 5.56 Å². The summed E-state index contributed by atoms with van der Waals surface area (Å²) in [5.74, 6) is -1.32. The van der Waals surface area contributed by atoms with Gasteiger partial charge < -0.3 is 5.11 Å². The van der Waals surface area contributed by atoms with Crippen LogP contribution in [0.1, 0.15) is 10.4 Å². The number of aromatic carboxylic acids is 1. The Hall–Kier alpha value is -1.93. The Morgan fingerprint density at radius 1 is 1.50 bits per heavy atom. The van der Waals surface area contributed by atoms with E-state index in [4.69, 9.17) is 5.11 Å². The quantitative estimate of drug-likeness (QED) is 0.684. The van der Waals surface area contributed by atoms with Gasteiger partial charge in [-0.25, -0.2) is 9.78 Å². The van der Waals surface area contributed by atoms with E-state index in [-0.39, 0.29) is 5.56 Å². The van der Waals surface area contributed by atoms with Crippen LogP contribution in [0.15, 0.2) is 39.0 Å². The normalized spacial score (nSPS) is 10.2. The van der Waals surface area contributed by atoms with Gasteiger partial charge in [-0.1, -0.05) is 11.8 Å². The number of carboxylic acid groups (broad SMARTS) is 1. The van der Waals surface area contributed by atoms with E-state index in [1.54, 1.807) is 11.6 Å². The summed E-state index contributed by atoms with van der Waals surface area (Å²) < 4.78 is 0.750. The fourth-order valence-electron chi connectivity index (χ4n) is 1.27. The first-order valence-electron chi connectivity index (χ1n) is 4.67. The molecule has 1 heterocycles. The maximum Gasteiger partial charge on any atom is 0.342 e. The van der Waals surface area contributed by atoms with Gasteiger partial charge in [0.2, 0.25) is 0 Å². The van der Waals surface area contributed by atoms with E-state index in [2.05, 4.69) is 4.98 Å². The molecule has 0 spiro atoms. The van der Waals surface area contributed by atoms with E-state index in [0.717, 1.165) is 4.34 Å². The van der Waals surface area contributed by atoms with Crippen molar-refractivity contribution >= 4 is 34.8 Å². The minimum absolute atomic E-state index is 0.318. The Balaban J connectivity index is 2.37. The van der Waals surface area contributed by atoms with Gasteiger partial charge in [-0.15, -0.1) is 11.3 Å². The standard InChI is InChI=1S/C10H6N2O4S2/c13-9(14)7-5-6(1-2-8(7)12(15)16)18-10-11-3-4-17-10/h1-5H,(H,13,14). The number of hydrogen-bond donors (Lipinski definition) is 1. The predicted octanol–water partition coefficient (Wildman–Crippen LogP) is 2.90. The van der Waals surface area contributed by atoms with Crippen molar-refractivity contribution in [2.45, 2.75) is 9.24 Å². The van der Waals surface area contributed by atoms with Crippen molar-refractivity contribution in [1.29, 1.82) is 0 Å². The van der Waals surface area contributed by atoms with E-state index in [1.165, 1.54) is 41.3 Å². The molecule has 0 unspecified atom stereocenters. The molecule has 0 aliphatic heterocycles. The van der Waals surface area contributed by atoms with Gasteiger partial charge >= 0.3 is 5.97 Å². The van der Waals surface area contributed by atoms with Crippen molar-refractivity contribution in [3.05, 3.63) is 45.5 Å². The summed E-state index contributed by atoms with van der Waals surface area (Å²) >= 11 is 2.68. The average molecular weight is 282 g/mol. The van der Waals surface area contributed by atoms with Gasteiger partial charge in [0.15, 0.2) is 4.34 Å². The summed E-state index contributed by atoms with van der Waals surface area (Å²) in [6, 6.07) is 3.99. The van der Waals surface area contributed by atoms with E-state index in [9.17, 15) is 14.9 Å². The van der Waals surface area contributed by atoms with Gasteiger partial charge in [-0.05, 0) is 12.1 Å². The molecule has 0 fully saturated rings. The Morgan fingerprint density at radius 3 is 2.83 bits per heavy atom. The zero-order valence-corrected chi connectivity index (χ0v) is 10.4. The highest BCUT2D eigenvalue weighted by Gasteiger charge is 2.20. The number of rotatable bonds is 4. The smallest absolute Gasteiger partial charge is 0.342 e. The third kappa shape index (κ3) is 2.66. The molecule has 0 saturated heterocycles. The van der Waals surface area contributed by atoms with Crippen molar-refractivity contribution in [2.24, 2.45) is 0 Å². The second-order valence-corrected chi connectivity index (χ2v) is 5.36. The van der Waals surface area contributed by atoms with Crippen molar-refractivity contribution < 1.29 is 14.8 Å². The molecule has 0 atom stereocenters. The Morgan fingerprint density at radius 2 is 2.28 bits per heavy atom. The second kappa shape index (κ2) is 5.15. The van der Waals surface area contributed by atoms with Crippen molar-refractivity contribution in [3.8, 4) is 0 Å². The minimum atomic E-state index is -1.32. The summed E-state index contributed by atoms with van der Waals surface area (Å²) in [7, 11) is 0. The van der Waals surface area contributed by atoms with Crippen molar-refractivity contribution in [2.75, 3.05) is 0 Å². The highest BCUT2D eigenvalue weighted by atomic mass is 32.2. The van der Waals surface area contributed by atoms with Crippen LogP contribution in [0.3, 0.4) is 0 Å². The number of thiazole rings is 1. The van der Waals surface area contributed by atoms with Crippen LogP contribution in [0.5, 0.6) is 0 Å². The van der Waals surface area contributed by atoms with Crippen molar-refractivity contribution in [3.63, 3.8) is 0 Å². The highest BCUT2D eigenvalue weighted by molar-refractivity contribution is 8.01. The first-order valence-corrected chi connectivity index (χ1v) is 6.36. The van der Waals surface area contributed by atoms with Crippen LogP contribution in [0.2, 0.25) is 0 Å². The summed E-state index contributed by atoms with van der Waals surface area (Å²) in [5, 5.41) is 21.4. The first-order chi connectivity index (χ1) is 8.58. The van der Waals surface area contributed by atoms with E-state index >= 15 is 0 Å². The molecule has 1 aromatic carbocycles. The van der Waals surface area contributed by atoms with Crippen LogP contribution in [-0.4, -0.2) is 21.0 Å². The van der Waals surface area contributed by atoms with Gasteiger partial charge in [-0.2, -0.15) is 0 Å². The molecule has 2 rings (SSSR count). The van der Waals surface area contributed by atoms with Gasteiger partial charge in [-0.3, -0.25) is 10.1 Å². The summed E-state index contributed by atoms with van der Waals surface area (Å²) in [6.07, 6.45) is 1.64. The number of nitro groups is 1. The molecule has 2 aromatic rings. The molecule has 18 heavy (non-hydrogen) atoms. The maximum absolute atomic E-state index is 11.0. The third-order valence-electron chi connectivity index (χ3n) is 2.01.